The molecule has 0 bridgehead atoms. The molecule has 0 aromatic carbocycles. The molecule has 1 rings (SSSR count). The van der Waals surface area contributed by atoms with Gasteiger partial charge in [0.15, 0.2) is 11.6 Å². The molecule has 0 saturated carbocycles. The van der Waals surface area contributed by atoms with Crippen LogP contribution in [0.2, 0.25) is 0 Å². The van der Waals surface area contributed by atoms with Crippen LogP contribution in [0.5, 0.6) is 5.75 Å². The van der Waals surface area contributed by atoms with E-state index in [9.17, 15) is 0 Å². The second kappa shape index (κ2) is 6.24. The van der Waals surface area contributed by atoms with Crippen molar-refractivity contribution in [3.05, 3.63) is 18.3 Å². The van der Waals surface area contributed by atoms with Crippen molar-refractivity contribution in [1.82, 2.24) is 4.98 Å². The largest absolute Gasteiger partial charge is 0.490 e. The number of nitrogens with zero attached hydrogens (tertiary/aromatic N) is 1. The minimum atomic E-state index is 0.205. The highest BCUT2D eigenvalue weighted by Crippen LogP contribution is 2.20. The first-order valence-corrected chi connectivity index (χ1v) is 5.31. The Hall–Kier alpha value is -1.29. The highest BCUT2D eigenvalue weighted by atomic mass is 16.5. The molecule has 4 heteroatoms. The lowest BCUT2D eigenvalue weighted by Gasteiger charge is -2.11. The molecule has 1 atom stereocenters. The van der Waals surface area contributed by atoms with Crippen LogP contribution in [0.1, 0.15) is 20.3 Å². The van der Waals surface area contributed by atoms with E-state index in [-0.39, 0.29) is 6.04 Å². The zero-order valence-electron chi connectivity index (χ0n) is 9.36. The molecule has 84 valence electrons. The average molecular weight is 209 g/mol. The summed E-state index contributed by atoms with van der Waals surface area (Å²) >= 11 is 0. The summed E-state index contributed by atoms with van der Waals surface area (Å²) in [5.74, 6) is 1.59. The molecule has 1 aromatic rings. The summed E-state index contributed by atoms with van der Waals surface area (Å²) < 4.78 is 5.44. The number of nitrogens with one attached hydrogen (secondary N) is 1. The smallest absolute Gasteiger partial charge is 0.168 e. The predicted octanol–water partition coefficient (Wildman–Crippen LogP) is 1.63. The average Bonchev–Trinajstić information content (AvgIpc) is 2.20. The van der Waals surface area contributed by atoms with Crippen molar-refractivity contribution in [3.63, 3.8) is 0 Å². The maximum Gasteiger partial charge on any atom is 0.168 e. The summed E-state index contributed by atoms with van der Waals surface area (Å²) in [6, 6.07) is 3.98. The van der Waals surface area contributed by atoms with Crippen LogP contribution in [0.15, 0.2) is 18.3 Å². The van der Waals surface area contributed by atoms with Crippen LogP contribution < -0.4 is 15.8 Å². The zero-order valence-corrected chi connectivity index (χ0v) is 9.36. The lowest BCUT2D eigenvalue weighted by atomic mass is 10.2. The van der Waals surface area contributed by atoms with Gasteiger partial charge in [-0.1, -0.05) is 0 Å². The standard InChI is InChI=1S/C11H19N3O/c1-3-15-10-5-4-7-13-11(10)14-8-6-9(2)12/h4-5,7,9H,3,6,8,12H2,1-2H3,(H,13,14). The summed E-state index contributed by atoms with van der Waals surface area (Å²) in [4.78, 5) is 4.22. The molecule has 1 unspecified atom stereocenters. The second-order valence-electron chi connectivity index (χ2n) is 3.48. The Kier molecular flexibility index (Phi) is 4.90. The van der Waals surface area contributed by atoms with Crippen molar-refractivity contribution < 1.29 is 4.74 Å². The molecule has 15 heavy (non-hydrogen) atoms. The number of pyridine rings is 1. The topological polar surface area (TPSA) is 60.2 Å². The molecular weight excluding hydrogens is 190 g/mol. The molecule has 3 N–H and O–H groups in total. The Labute approximate surface area is 90.8 Å². The zero-order chi connectivity index (χ0) is 11.1. The molecule has 4 nitrogen and oxygen atoms in total. The van der Waals surface area contributed by atoms with E-state index in [1.807, 2.05) is 26.0 Å². The van der Waals surface area contributed by atoms with Gasteiger partial charge in [0.1, 0.15) is 0 Å². The monoisotopic (exact) mass is 209 g/mol. The first-order valence-electron chi connectivity index (χ1n) is 5.31. The third kappa shape index (κ3) is 4.16. The second-order valence-corrected chi connectivity index (χ2v) is 3.48. The number of aromatic nitrogens is 1. The number of ether oxygens (including phenoxy) is 1. The van der Waals surface area contributed by atoms with Crippen LogP contribution in [0.3, 0.4) is 0 Å². The quantitative estimate of drug-likeness (QED) is 0.747. The van der Waals surface area contributed by atoms with Gasteiger partial charge in [0.2, 0.25) is 0 Å². The summed E-state index contributed by atoms with van der Waals surface area (Å²) in [6.07, 6.45) is 2.67. The van der Waals surface area contributed by atoms with Crippen molar-refractivity contribution in [2.75, 3.05) is 18.5 Å². The van der Waals surface area contributed by atoms with Crippen molar-refractivity contribution in [2.24, 2.45) is 5.73 Å². The van der Waals surface area contributed by atoms with E-state index in [1.165, 1.54) is 0 Å². The lowest BCUT2D eigenvalue weighted by Crippen LogP contribution is -2.19. The van der Waals surface area contributed by atoms with E-state index < -0.39 is 0 Å². The normalized spacial score (nSPS) is 12.2. The lowest BCUT2D eigenvalue weighted by molar-refractivity contribution is 0.340. The Bertz CT molecular complexity index is 289. The molecule has 0 saturated heterocycles. The van der Waals surface area contributed by atoms with Crippen LogP contribution in [0, 0.1) is 0 Å². The molecule has 0 aliphatic rings. The number of hydrogen-bond acceptors (Lipinski definition) is 4. The fraction of sp³-hybridized carbons (Fsp3) is 0.545. The molecule has 1 heterocycles. The van der Waals surface area contributed by atoms with Crippen LogP contribution >= 0.6 is 0 Å². The van der Waals surface area contributed by atoms with E-state index in [0.717, 1.165) is 24.5 Å². The summed E-state index contributed by atoms with van der Waals surface area (Å²) in [6.45, 7) is 5.41. The van der Waals surface area contributed by atoms with E-state index in [4.69, 9.17) is 10.5 Å². The van der Waals surface area contributed by atoms with Gasteiger partial charge in [0, 0.05) is 18.8 Å². The third-order valence-corrected chi connectivity index (χ3v) is 1.96. The van der Waals surface area contributed by atoms with E-state index in [0.29, 0.717) is 6.61 Å². The van der Waals surface area contributed by atoms with Crippen molar-refractivity contribution >= 4 is 5.82 Å². The molecule has 1 aromatic heterocycles. The van der Waals surface area contributed by atoms with Gasteiger partial charge < -0.3 is 15.8 Å². The molecule has 0 amide bonds. The van der Waals surface area contributed by atoms with Gasteiger partial charge in [-0.25, -0.2) is 4.98 Å². The van der Waals surface area contributed by atoms with Crippen LogP contribution in [-0.2, 0) is 0 Å². The number of rotatable bonds is 6. The first-order chi connectivity index (χ1) is 7.24. The summed E-state index contributed by atoms with van der Waals surface area (Å²) in [7, 11) is 0. The Morgan fingerprint density at radius 3 is 3.07 bits per heavy atom. The maximum absolute atomic E-state index is 5.66. The summed E-state index contributed by atoms with van der Waals surface area (Å²) in [5, 5.41) is 3.21. The molecule has 0 radical (unpaired) electrons. The molecule has 0 spiro atoms. The summed E-state index contributed by atoms with van der Waals surface area (Å²) in [5.41, 5.74) is 5.66. The number of anilines is 1. The highest BCUT2D eigenvalue weighted by molar-refractivity contribution is 5.49. The SMILES string of the molecule is CCOc1cccnc1NCCC(C)N. The Morgan fingerprint density at radius 2 is 2.40 bits per heavy atom. The van der Waals surface area contributed by atoms with Crippen molar-refractivity contribution in [3.8, 4) is 5.75 Å². The number of hydrogen-bond donors (Lipinski definition) is 2. The molecule has 0 aliphatic carbocycles. The predicted molar refractivity (Wildman–Crippen MR) is 62.2 cm³/mol. The van der Waals surface area contributed by atoms with Gasteiger partial charge in [0.05, 0.1) is 6.61 Å². The van der Waals surface area contributed by atoms with E-state index in [1.54, 1.807) is 6.20 Å². The van der Waals surface area contributed by atoms with Crippen LogP contribution in [0.4, 0.5) is 5.82 Å². The van der Waals surface area contributed by atoms with Gasteiger partial charge in [0.25, 0.3) is 0 Å². The highest BCUT2D eigenvalue weighted by Gasteiger charge is 2.03. The van der Waals surface area contributed by atoms with E-state index >= 15 is 0 Å². The Morgan fingerprint density at radius 1 is 1.60 bits per heavy atom. The minimum Gasteiger partial charge on any atom is -0.490 e. The molecular formula is C11H19N3O. The van der Waals surface area contributed by atoms with Gasteiger partial charge >= 0.3 is 0 Å². The minimum absolute atomic E-state index is 0.205. The third-order valence-electron chi connectivity index (χ3n) is 1.96. The fourth-order valence-corrected chi connectivity index (χ4v) is 1.21. The Balaban J connectivity index is 2.51. The molecule has 0 aliphatic heterocycles. The fourth-order valence-electron chi connectivity index (χ4n) is 1.21. The van der Waals surface area contributed by atoms with Gasteiger partial charge in [-0.15, -0.1) is 0 Å². The van der Waals surface area contributed by atoms with E-state index in [2.05, 4.69) is 10.3 Å². The van der Waals surface area contributed by atoms with Crippen LogP contribution in [0.25, 0.3) is 0 Å². The van der Waals surface area contributed by atoms with Gasteiger partial charge in [-0.2, -0.15) is 0 Å². The maximum atomic E-state index is 5.66. The van der Waals surface area contributed by atoms with Crippen molar-refractivity contribution in [1.29, 1.82) is 0 Å². The molecule has 0 fully saturated rings. The van der Waals surface area contributed by atoms with Crippen LogP contribution in [-0.4, -0.2) is 24.2 Å². The van der Waals surface area contributed by atoms with Crippen molar-refractivity contribution in [2.45, 2.75) is 26.3 Å². The van der Waals surface area contributed by atoms with Gasteiger partial charge in [-0.05, 0) is 32.4 Å². The van der Waals surface area contributed by atoms with Gasteiger partial charge in [-0.3, -0.25) is 0 Å². The number of nitrogens with two attached hydrogens (primary N) is 1. The first kappa shape index (κ1) is 11.8.